The molecular formula is C17H23N3O6S. The molecule has 1 fully saturated rings. The van der Waals surface area contributed by atoms with Crippen molar-refractivity contribution in [3.05, 3.63) is 29.8 Å². The van der Waals surface area contributed by atoms with Gasteiger partial charge in [-0.25, -0.2) is 13.2 Å². The molecule has 1 aromatic carbocycles. The van der Waals surface area contributed by atoms with Crippen LogP contribution in [0.5, 0.6) is 0 Å². The maximum absolute atomic E-state index is 12.8. The molecule has 0 spiro atoms. The summed E-state index contributed by atoms with van der Waals surface area (Å²) in [7, 11) is -2.43. The Morgan fingerprint density at radius 3 is 2.41 bits per heavy atom. The Morgan fingerprint density at radius 2 is 1.81 bits per heavy atom. The third-order valence-corrected chi connectivity index (χ3v) is 6.45. The Balaban J connectivity index is 1.98. The van der Waals surface area contributed by atoms with Gasteiger partial charge in [0.15, 0.2) is 0 Å². The first-order chi connectivity index (χ1) is 12.8. The maximum atomic E-state index is 12.8. The van der Waals surface area contributed by atoms with Gasteiger partial charge in [-0.3, -0.25) is 9.59 Å². The van der Waals surface area contributed by atoms with E-state index in [-0.39, 0.29) is 54.2 Å². The molecule has 9 nitrogen and oxygen atoms in total. The second kappa shape index (κ2) is 8.96. The molecule has 1 saturated heterocycles. The molecule has 0 aromatic heterocycles. The minimum Gasteiger partial charge on any atom is -0.478 e. The molecule has 1 heterocycles. The number of carbonyl (C=O) groups is 3. The Kier molecular flexibility index (Phi) is 6.92. The highest BCUT2D eigenvalue weighted by Crippen LogP contribution is 2.26. The zero-order valence-corrected chi connectivity index (χ0v) is 15.8. The topological polar surface area (TPSA) is 133 Å². The molecule has 27 heavy (non-hydrogen) atoms. The number of aromatic carboxylic acids is 1. The van der Waals surface area contributed by atoms with Gasteiger partial charge in [0, 0.05) is 39.0 Å². The summed E-state index contributed by atoms with van der Waals surface area (Å²) in [5.41, 5.74) is -0.272. The number of sulfonamides is 1. The zero-order chi connectivity index (χ0) is 20.0. The fourth-order valence-corrected chi connectivity index (χ4v) is 4.59. The lowest BCUT2D eigenvalue weighted by Crippen LogP contribution is -2.43. The van der Waals surface area contributed by atoms with E-state index in [0.717, 1.165) is 0 Å². The average Bonchev–Trinajstić information content (AvgIpc) is 2.67. The van der Waals surface area contributed by atoms with Crippen LogP contribution in [0.3, 0.4) is 0 Å². The number of rotatable bonds is 7. The van der Waals surface area contributed by atoms with Gasteiger partial charge in [-0.15, -0.1) is 0 Å². The van der Waals surface area contributed by atoms with Crippen molar-refractivity contribution in [3.8, 4) is 0 Å². The number of carboxylic acids is 1. The predicted molar refractivity (Wildman–Crippen MR) is 96.6 cm³/mol. The highest BCUT2D eigenvalue weighted by molar-refractivity contribution is 7.89. The van der Waals surface area contributed by atoms with Crippen LogP contribution in [0.4, 0.5) is 0 Å². The molecule has 0 saturated carbocycles. The summed E-state index contributed by atoms with van der Waals surface area (Å²) in [6, 6.07) is 5.47. The van der Waals surface area contributed by atoms with E-state index in [1.54, 1.807) is 0 Å². The number of hydrogen-bond donors (Lipinski definition) is 3. The molecule has 3 N–H and O–H groups in total. The fourth-order valence-electron chi connectivity index (χ4n) is 2.93. The van der Waals surface area contributed by atoms with Gasteiger partial charge in [-0.05, 0) is 25.0 Å². The van der Waals surface area contributed by atoms with Gasteiger partial charge >= 0.3 is 5.97 Å². The van der Waals surface area contributed by atoms with Crippen molar-refractivity contribution in [3.63, 3.8) is 0 Å². The van der Waals surface area contributed by atoms with Crippen molar-refractivity contribution in [2.45, 2.75) is 24.2 Å². The molecule has 148 valence electrons. The number of carbonyl (C=O) groups excluding carboxylic acids is 2. The number of nitrogens with one attached hydrogen (secondary N) is 2. The first kappa shape index (κ1) is 20.8. The van der Waals surface area contributed by atoms with Gasteiger partial charge in [-0.2, -0.15) is 4.31 Å². The summed E-state index contributed by atoms with van der Waals surface area (Å²) in [6.07, 6.45) is 0.849. The minimum atomic E-state index is -3.95. The summed E-state index contributed by atoms with van der Waals surface area (Å²) >= 11 is 0. The largest absolute Gasteiger partial charge is 0.478 e. The predicted octanol–water partition coefficient (Wildman–Crippen LogP) is 0.0378. The monoisotopic (exact) mass is 397 g/mol. The highest BCUT2D eigenvalue weighted by atomic mass is 32.2. The molecule has 1 aromatic rings. The number of benzene rings is 1. The van der Waals surface area contributed by atoms with Crippen molar-refractivity contribution in [1.82, 2.24) is 14.9 Å². The first-order valence-corrected chi connectivity index (χ1v) is 10.0. The third kappa shape index (κ3) is 5.04. The zero-order valence-electron chi connectivity index (χ0n) is 15.0. The van der Waals surface area contributed by atoms with Crippen LogP contribution in [0.2, 0.25) is 0 Å². The SMILES string of the molecule is CNC(=O)CCNC(=O)C1CCN(S(=O)(=O)c2ccccc2C(=O)O)CC1. The molecule has 2 amide bonds. The number of carboxylic acid groups (broad SMARTS) is 1. The van der Waals surface area contributed by atoms with Crippen molar-refractivity contribution in [2.24, 2.45) is 5.92 Å². The molecule has 1 aliphatic heterocycles. The van der Waals surface area contributed by atoms with E-state index in [2.05, 4.69) is 10.6 Å². The van der Waals surface area contributed by atoms with E-state index in [1.165, 1.54) is 35.6 Å². The minimum absolute atomic E-state index is 0.129. The summed E-state index contributed by atoms with van der Waals surface area (Å²) in [5, 5.41) is 14.4. The standard InChI is InChI=1S/C17H23N3O6S/c1-18-15(21)6-9-19-16(22)12-7-10-20(11-8-12)27(25,26)14-5-3-2-4-13(14)17(23)24/h2-5,12H,6-11H2,1H3,(H,18,21)(H,19,22)(H,23,24). The van der Waals surface area contributed by atoms with E-state index in [0.29, 0.717) is 12.8 Å². The van der Waals surface area contributed by atoms with E-state index in [4.69, 9.17) is 0 Å². The molecular weight excluding hydrogens is 374 g/mol. The van der Waals surface area contributed by atoms with Crippen LogP contribution in [0.1, 0.15) is 29.6 Å². The van der Waals surface area contributed by atoms with Crippen molar-refractivity contribution < 1.29 is 27.9 Å². The summed E-state index contributed by atoms with van der Waals surface area (Å²) < 4.78 is 26.8. The van der Waals surface area contributed by atoms with Crippen LogP contribution < -0.4 is 10.6 Å². The second-order valence-electron chi connectivity index (χ2n) is 6.19. The fraction of sp³-hybridized carbons (Fsp3) is 0.471. The highest BCUT2D eigenvalue weighted by Gasteiger charge is 2.34. The number of amides is 2. The third-order valence-electron chi connectivity index (χ3n) is 4.49. The Morgan fingerprint density at radius 1 is 1.19 bits per heavy atom. The Bertz CT molecular complexity index is 816. The van der Waals surface area contributed by atoms with Crippen molar-refractivity contribution in [2.75, 3.05) is 26.7 Å². The molecule has 0 bridgehead atoms. The van der Waals surface area contributed by atoms with Crippen LogP contribution >= 0.6 is 0 Å². The average molecular weight is 397 g/mol. The van der Waals surface area contributed by atoms with Crippen LogP contribution in [-0.4, -0.2) is 62.3 Å². The first-order valence-electron chi connectivity index (χ1n) is 8.58. The van der Waals surface area contributed by atoms with Crippen LogP contribution in [-0.2, 0) is 19.6 Å². The smallest absolute Gasteiger partial charge is 0.337 e. The van der Waals surface area contributed by atoms with E-state index in [9.17, 15) is 27.9 Å². The van der Waals surface area contributed by atoms with E-state index < -0.39 is 16.0 Å². The van der Waals surface area contributed by atoms with Gasteiger partial charge in [0.25, 0.3) is 0 Å². The van der Waals surface area contributed by atoms with Gasteiger partial charge < -0.3 is 15.7 Å². The number of hydrogen-bond acceptors (Lipinski definition) is 5. The van der Waals surface area contributed by atoms with E-state index in [1.807, 2.05) is 0 Å². The van der Waals surface area contributed by atoms with Crippen molar-refractivity contribution in [1.29, 1.82) is 0 Å². The summed E-state index contributed by atoms with van der Waals surface area (Å²) in [4.78, 5) is 34.4. The summed E-state index contributed by atoms with van der Waals surface area (Å²) in [6.45, 7) is 0.483. The van der Waals surface area contributed by atoms with Crippen molar-refractivity contribution >= 4 is 27.8 Å². The lowest BCUT2D eigenvalue weighted by atomic mass is 9.97. The number of piperidine rings is 1. The van der Waals surface area contributed by atoms with E-state index >= 15 is 0 Å². The Labute approximate surface area is 157 Å². The summed E-state index contributed by atoms with van der Waals surface area (Å²) in [5.74, 6) is -2.02. The van der Waals surface area contributed by atoms with Gasteiger partial charge in [0.2, 0.25) is 21.8 Å². The van der Waals surface area contributed by atoms with Gasteiger partial charge in [0.05, 0.1) is 10.5 Å². The molecule has 0 atom stereocenters. The lowest BCUT2D eigenvalue weighted by molar-refractivity contribution is -0.126. The molecule has 0 unspecified atom stereocenters. The molecule has 10 heteroatoms. The lowest BCUT2D eigenvalue weighted by Gasteiger charge is -2.30. The maximum Gasteiger partial charge on any atom is 0.337 e. The van der Waals surface area contributed by atoms with Crippen LogP contribution in [0.25, 0.3) is 0 Å². The normalized spacial score (nSPS) is 15.9. The van der Waals surface area contributed by atoms with Gasteiger partial charge in [0.1, 0.15) is 0 Å². The van der Waals surface area contributed by atoms with Gasteiger partial charge in [-0.1, -0.05) is 12.1 Å². The molecule has 0 radical (unpaired) electrons. The molecule has 0 aliphatic carbocycles. The second-order valence-corrected chi connectivity index (χ2v) is 8.10. The van der Waals surface area contributed by atoms with Crippen LogP contribution in [0, 0.1) is 5.92 Å². The number of nitrogens with zero attached hydrogens (tertiary/aromatic N) is 1. The Hall–Kier alpha value is -2.46. The quantitative estimate of drug-likeness (QED) is 0.595. The van der Waals surface area contributed by atoms with Crippen LogP contribution in [0.15, 0.2) is 29.2 Å². The molecule has 2 rings (SSSR count). The molecule has 1 aliphatic rings.